The molecule has 0 aliphatic rings. The van der Waals surface area contributed by atoms with Gasteiger partial charge in [0, 0.05) is 34.9 Å². The van der Waals surface area contributed by atoms with Gasteiger partial charge >= 0.3 is 0 Å². The van der Waals surface area contributed by atoms with E-state index in [1.165, 1.54) is 11.6 Å². The Bertz CT molecular complexity index is 1940. The van der Waals surface area contributed by atoms with Crippen molar-refractivity contribution in [1.82, 2.24) is 10.3 Å². The number of nitrogens with one attached hydrogen (secondary N) is 3. The van der Waals surface area contributed by atoms with Crippen LogP contribution in [0.15, 0.2) is 132 Å². The molecule has 6 aromatic rings. The lowest BCUT2D eigenvalue weighted by molar-refractivity contribution is 0.176. The van der Waals surface area contributed by atoms with Crippen molar-refractivity contribution < 1.29 is 14.6 Å². The number of aromatic nitrogens is 1. The number of methoxy groups -OCH3 is 1. The number of fused-ring (bicyclic) bond motifs is 1. The molecule has 0 spiro atoms. The number of ether oxygens (including phenoxy) is 2. The second-order valence-corrected chi connectivity index (χ2v) is 11.1. The van der Waals surface area contributed by atoms with Crippen molar-refractivity contribution in [3.8, 4) is 22.6 Å². The lowest BCUT2D eigenvalue weighted by Gasteiger charge is -2.17. The minimum Gasteiger partial charge on any atom is -0.496 e. The predicted octanol–water partition coefficient (Wildman–Crippen LogP) is 7.39. The van der Waals surface area contributed by atoms with Crippen LogP contribution in [0.5, 0.6) is 11.5 Å². The maximum atomic E-state index is 12.1. The van der Waals surface area contributed by atoms with E-state index in [1.54, 1.807) is 13.2 Å². The lowest BCUT2D eigenvalue weighted by Crippen LogP contribution is -2.24. The third-order valence-corrected chi connectivity index (χ3v) is 7.94. The van der Waals surface area contributed by atoms with E-state index in [-0.39, 0.29) is 5.56 Å². The molecule has 1 unspecified atom stereocenters. The van der Waals surface area contributed by atoms with Crippen LogP contribution < -0.4 is 25.7 Å². The highest BCUT2D eigenvalue weighted by Crippen LogP contribution is 2.34. The maximum Gasteiger partial charge on any atom is 0.248 e. The summed E-state index contributed by atoms with van der Waals surface area (Å²) in [6.45, 7) is 1.46. The average Bonchev–Trinajstić information content (AvgIpc) is 3.10. The van der Waals surface area contributed by atoms with Crippen LogP contribution in [0.1, 0.15) is 22.8 Å². The Morgan fingerprint density at radius 3 is 2.24 bits per heavy atom. The molecule has 232 valence electrons. The van der Waals surface area contributed by atoms with Gasteiger partial charge < -0.3 is 30.2 Å². The molecule has 46 heavy (non-hydrogen) atoms. The summed E-state index contributed by atoms with van der Waals surface area (Å²) in [7, 11) is 1.69. The normalized spacial score (nSPS) is 11.7. The molecule has 1 atom stereocenters. The van der Waals surface area contributed by atoms with Gasteiger partial charge in [-0.05, 0) is 77.7 Å². The smallest absolute Gasteiger partial charge is 0.248 e. The number of pyridine rings is 1. The van der Waals surface area contributed by atoms with E-state index in [2.05, 4.69) is 58.1 Å². The van der Waals surface area contributed by atoms with Crippen LogP contribution in [0.25, 0.3) is 22.0 Å². The van der Waals surface area contributed by atoms with Gasteiger partial charge in [-0.15, -0.1) is 0 Å². The van der Waals surface area contributed by atoms with E-state index in [1.807, 2.05) is 72.8 Å². The van der Waals surface area contributed by atoms with Crippen LogP contribution in [0.4, 0.5) is 11.4 Å². The first-order valence-electron chi connectivity index (χ1n) is 15.4. The molecule has 7 nitrogen and oxygen atoms in total. The molecule has 0 bridgehead atoms. The predicted molar refractivity (Wildman–Crippen MR) is 185 cm³/mol. The number of rotatable bonds is 13. The summed E-state index contributed by atoms with van der Waals surface area (Å²) in [4.78, 5) is 15.0. The molecule has 0 aliphatic heterocycles. The average molecular weight is 612 g/mol. The topological polar surface area (TPSA) is 95.6 Å². The second-order valence-electron chi connectivity index (χ2n) is 11.1. The quantitative estimate of drug-likeness (QED) is 0.102. The maximum absolute atomic E-state index is 12.1. The zero-order valence-corrected chi connectivity index (χ0v) is 25.7. The zero-order valence-electron chi connectivity index (χ0n) is 25.7. The molecule has 0 radical (unpaired) electrons. The number of aromatic amines is 1. The van der Waals surface area contributed by atoms with Crippen LogP contribution in [0, 0.1) is 0 Å². The minimum absolute atomic E-state index is 0.219. The summed E-state index contributed by atoms with van der Waals surface area (Å²) in [6.07, 6.45) is 0.0574. The Kier molecular flexibility index (Phi) is 9.73. The fraction of sp³-hybridized carbons (Fsp3) is 0.154. The van der Waals surface area contributed by atoms with Crippen molar-refractivity contribution in [3.63, 3.8) is 0 Å². The standard InChI is InChI=1S/C39H37N3O4/c1-45-36-19-16-31(24-34(36)29-10-6-3-7-11-29)41-30-14-12-27(13-15-30)22-23-40-25-35(43)32-17-20-37(39-33(32)18-21-38(44)42-39)46-26-28-8-4-2-5-9-28/h2-21,24,35,40-41,43H,22-23,25-26H2,1H3,(H,42,44). The zero-order chi connectivity index (χ0) is 31.7. The first-order chi connectivity index (χ1) is 22.6. The summed E-state index contributed by atoms with van der Waals surface area (Å²) in [5.41, 5.74) is 7.43. The van der Waals surface area contributed by atoms with E-state index in [9.17, 15) is 9.90 Å². The third-order valence-electron chi connectivity index (χ3n) is 7.94. The second kappa shape index (κ2) is 14.6. The molecule has 1 heterocycles. The van der Waals surface area contributed by atoms with Crippen LogP contribution in [-0.4, -0.2) is 30.3 Å². The molecule has 0 saturated carbocycles. The highest BCUT2D eigenvalue weighted by Gasteiger charge is 2.15. The molecular weight excluding hydrogens is 574 g/mol. The van der Waals surface area contributed by atoms with E-state index in [0.29, 0.717) is 31.0 Å². The number of hydrogen-bond acceptors (Lipinski definition) is 6. The van der Waals surface area contributed by atoms with Gasteiger partial charge in [-0.3, -0.25) is 4.79 Å². The largest absolute Gasteiger partial charge is 0.496 e. The Morgan fingerprint density at radius 2 is 1.48 bits per heavy atom. The number of hydrogen-bond donors (Lipinski definition) is 4. The van der Waals surface area contributed by atoms with E-state index >= 15 is 0 Å². The van der Waals surface area contributed by atoms with Crippen molar-refractivity contribution in [1.29, 1.82) is 0 Å². The number of aliphatic hydroxyl groups excluding tert-OH is 1. The summed E-state index contributed by atoms with van der Waals surface area (Å²) in [6, 6.07) is 41.4. The van der Waals surface area contributed by atoms with E-state index in [4.69, 9.17) is 9.47 Å². The molecule has 7 heteroatoms. The van der Waals surface area contributed by atoms with Crippen molar-refractivity contribution in [2.24, 2.45) is 0 Å². The summed E-state index contributed by atoms with van der Waals surface area (Å²) >= 11 is 0. The fourth-order valence-corrected chi connectivity index (χ4v) is 5.53. The first-order valence-corrected chi connectivity index (χ1v) is 15.4. The van der Waals surface area contributed by atoms with Gasteiger partial charge in [0.25, 0.3) is 0 Å². The monoisotopic (exact) mass is 611 g/mol. The van der Waals surface area contributed by atoms with Gasteiger partial charge in [-0.2, -0.15) is 0 Å². The molecule has 0 saturated heterocycles. The van der Waals surface area contributed by atoms with E-state index < -0.39 is 6.10 Å². The molecule has 4 N–H and O–H groups in total. The number of H-pyrrole nitrogens is 1. The van der Waals surface area contributed by atoms with Gasteiger partial charge in [0.05, 0.1) is 18.7 Å². The molecule has 0 aliphatic carbocycles. The SMILES string of the molecule is COc1ccc(Nc2ccc(CCNCC(O)c3ccc(OCc4ccccc4)c4[nH]c(=O)ccc34)cc2)cc1-c1ccccc1. The van der Waals surface area contributed by atoms with Gasteiger partial charge in [0.2, 0.25) is 5.56 Å². The summed E-state index contributed by atoms with van der Waals surface area (Å²) in [5.74, 6) is 1.40. The van der Waals surface area contributed by atoms with Crippen LogP contribution in [-0.2, 0) is 13.0 Å². The first kappa shape index (κ1) is 30.6. The van der Waals surface area contributed by atoms with Crippen LogP contribution in [0.2, 0.25) is 0 Å². The van der Waals surface area contributed by atoms with Gasteiger partial charge in [-0.25, -0.2) is 0 Å². The molecule has 0 fully saturated rings. The molecule has 1 aromatic heterocycles. The van der Waals surface area contributed by atoms with Gasteiger partial charge in [0.1, 0.15) is 18.1 Å². The van der Waals surface area contributed by atoms with Crippen LogP contribution >= 0.6 is 0 Å². The Balaban J connectivity index is 1.04. The number of aliphatic hydroxyl groups is 1. The minimum atomic E-state index is -0.756. The highest BCUT2D eigenvalue weighted by atomic mass is 16.5. The third kappa shape index (κ3) is 7.46. The summed E-state index contributed by atoms with van der Waals surface area (Å²) < 4.78 is 11.6. The van der Waals surface area contributed by atoms with Gasteiger partial charge in [-0.1, -0.05) is 78.9 Å². The molecule has 6 rings (SSSR count). The highest BCUT2D eigenvalue weighted by molar-refractivity contribution is 5.87. The number of benzene rings is 5. The van der Waals surface area contributed by atoms with Crippen molar-refractivity contribution >= 4 is 22.3 Å². The van der Waals surface area contributed by atoms with E-state index in [0.717, 1.165) is 51.2 Å². The van der Waals surface area contributed by atoms with Crippen molar-refractivity contribution in [2.45, 2.75) is 19.1 Å². The molecule has 0 amide bonds. The number of anilines is 2. The Labute approximate surface area is 268 Å². The summed E-state index contributed by atoms with van der Waals surface area (Å²) in [5, 5.41) is 18.7. The lowest BCUT2D eigenvalue weighted by atomic mass is 10.0. The molecular formula is C39H37N3O4. The van der Waals surface area contributed by atoms with Crippen LogP contribution in [0.3, 0.4) is 0 Å². The van der Waals surface area contributed by atoms with Gasteiger partial charge in [0.15, 0.2) is 0 Å². The Morgan fingerprint density at radius 1 is 0.761 bits per heavy atom. The molecule has 5 aromatic carbocycles. The fourth-order valence-electron chi connectivity index (χ4n) is 5.53. The Hall–Kier alpha value is -5.37. The van der Waals surface area contributed by atoms with Crippen molar-refractivity contribution in [2.75, 3.05) is 25.5 Å². The van der Waals surface area contributed by atoms with Crippen molar-refractivity contribution in [3.05, 3.63) is 154 Å².